The van der Waals surface area contributed by atoms with Gasteiger partial charge in [0.25, 0.3) is 0 Å². The van der Waals surface area contributed by atoms with Gasteiger partial charge >= 0.3 is 0 Å². The van der Waals surface area contributed by atoms with Gasteiger partial charge in [-0.05, 0) is 22.8 Å². The Labute approximate surface area is 77.1 Å². The summed E-state index contributed by atoms with van der Waals surface area (Å²) in [6.45, 7) is 0.917. The summed E-state index contributed by atoms with van der Waals surface area (Å²) in [5.41, 5.74) is 2.83. The summed E-state index contributed by atoms with van der Waals surface area (Å²) in [6.07, 6.45) is 8.71. The monoisotopic (exact) mass is 168 g/mol. The van der Waals surface area contributed by atoms with Gasteiger partial charge in [0.2, 0.25) is 0 Å². The van der Waals surface area contributed by atoms with Gasteiger partial charge in [0.05, 0.1) is 6.20 Å². The smallest absolute Gasteiger partial charge is 0.0665 e. The first-order valence-electron chi connectivity index (χ1n) is 4.58. The van der Waals surface area contributed by atoms with Gasteiger partial charge in [0, 0.05) is 11.8 Å². The molecule has 1 nitrogen and oxygen atoms in total. The van der Waals surface area contributed by atoms with Gasteiger partial charge in [-0.2, -0.15) is 0 Å². The largest absolute Gasteiger partial charge is 0.379 e. The van der Waals surface area contributed by atoms with Crippen molar-refractivity contribution in [3.8, 4) is 0 Å². The summed E-state index contributed by atoms with van der Waals surface area (Å²) in [7, 11) is 0. The van der Waals surface area contributed by atoms with Crippen LogP contribution >= 0.6 is 0 Å². The summed E-state index contributed by atoms with van der Waals surface area (Å²) in [4.78, 5) is 0. The van der Waals surface area contributed by atoms with Crippen LogP contribution in [0.15, 0.2) is 30.4 Å². The van der Waals surface area contributed by atoms with Crippen LogP contribution < -0.4 is 15.8 Å². The van der Waals surface area contributed by atoms with Crippen LogP contribution in [-0.4, -0.2) is 6.54 Å². The number of nitrogens with one attached hydrogen (secondary N) is 1. The van der Waals surface area contributed by atoms with E-state index in [0.29, 0.717) is 0 Å². The summed E-state index contributed by atoms with van der Waals surface area (Å²) in [5.74, 6) is 0. The van der Waals surface area contributed by atoms with Crippen molar-refractivity contribution in [3.05, 3.63) is 46.4 Å². The van der Waals surface area contributed by atoms with Crippen molar-refractivity contribution in [2.24, 2.45) is 0 Å². The summed E-state index contributed by atoms with van der Waals surface area (Å²) >= 11 is 0. The minimum atomic E-state index is 0.917. The highest BCUT2D eigenvalue weighted by Gasteiger charge is 2.07. The molecule has 1 aliphatic heterocycles. The molecule has 1 heterocycles. The number of hydrogen-bond acceptors (Lipinski definition) is 1. The third kappa shape index (κ3) is 0.934. The minimum Gasteiger partial charge on any atom is -0.379 e. The standard InChI is InChI=1S/C12H10N/c1-3-9-4-2-6-11-8-13-7-10(5-1)12(9)11/h1-3,5-6,13H,4,8H2. The highest BCUT2D eigenvalue weighted by molar-refractivity contribution is 5.64. The maximum atomic E-state index is 3.20. The van der Waals surface area contributed by atoms with Crippen LogP contribution in [0.3, 0.4) is 0 Å². The van der Waals surface area contributed by atoms with E-state index in [1.807, 2.05) is 0 Å². The minimum absolute atomic E-state index is 0.917. The lowest BCUT2D eigenvalue weighted by Crippen LogP contribution is -2.39. The zero-order valence-electron chi connectivity index (χ0n) is 7.30. The van der Waals surface area contributed by atoms with Crippen molar-refractivity contribution in [1.29, 1.82) is 0 Å². The molecule has 0 fully saturated rings. The molecule has 1 aliphatic carbocycles. The van der Waals surface area contributed by atoms with Gasteiger partial charge < -0.3 is 5.32 Å². The van der Waals surface area contributed by atoms with Crippen LogP contribution in [0, 0.1) is 0 Å². The van der Waals surface area contributed by atoms with Crippen molar-refractivity contribution in [1.82, 2.24) is 5.32 Å². The average molecular weight is 168 g/mol. The van der Waals surface area contributed by atoms with Crippen LogP contribution in [0.1, 0.15) is 5.56 Å². The topological polar surface area (TPSA) is 12.0 Å². The molecule has 2 aliphatic rings. The number of hydrogen-bond donors (Lipinski definition) is 1. The first-order valence-corrected chi connectivity index (χ1v) is 4.58. The highest BCUT2D eigenvalue weighted by atomic mass is 14.8. The van der Waals surface area contributed by atoms with Gasteiger partial charge in [-0.3, -0.25) is 0 Å². The first-order chi connectivity index (χ1) is 6.45. The lowest BCUT2D eigenvalue weighted by Gasteiger charge is -2.14. The molecule has 0 unspecified atom stereocenters. The molecule has 0 spiro atoms. The van der Waals surface area contributed by atoms with Crippen LogP contribution in [-0.2, 0) is 6.42 Å². The SMILES string of the molecule is [C]1=c2cccc3c2=C(C=CC3)CN1. The van der Waals surface area contributed by atoms with Crippen molar-refractivity contribution in [3.63, 3.8) is 0 Å². The highest BCUT2D eigenvalue weighted by Crippen LogP contribution is 2.06. The molecule has 0 amide bonds. The molecule has 0 bridgehead atoms. The summed E-state index contributed by atoms with van der Waals surface area (Å²) < 4.78 is 0. The number of rotatable bonds is 0. The lowest BCUT2D eigenvalue weighted by molar-refractivity contribution is 1.01. The maximum Gasteiger partial charge on any atom is 0.0665 e. The zero-order valence-corrected chi connectivity index (χ0v) is 7.30. The van der Waals surface area contributed by atoms with E-state index in [-0.39, 0.29) is 0 Å². The molecule has 1 radical (unpaired) electrons. The van der Waals surface area contributed by atoms with E-state index in [2.05, 4.69) is 41.9 Å². The van der Waals surface area contributed by atoms with Crippen molar-refractivity contribution in [2.75, 3.05) is 6.54 Å². The Bertz CT molecular complexity index is 494. The number of allylic oxidation sites excluding steroid dienone is 1. The second-order valence-corrected chi connectivity index (χ2v) is 3.45. The van der Waals surface area contributed by atoms with Gasteiger partial charge in [-0.15, -0.1) is 0 Å². The van der Waals surface area contributed by atoms with Gasteiger partial charge in [0.1, 0.15) is 0 Å². The summed E-state index contributed by atoms with van der Waals surface area (Å²) in [5, 5.41) is 5.78. The molecule has 1 aromatic carbocycles. The van der Waals surface area contributed by atoms with Gasteiger partial charge in [-0.1, -0.05) is 30.4 Å². The van der Waals surface area contributed by atoms with E-state index < -0.39 is 0 Å². The van der Waals surface area contributed by atoms with Crippen LogP contribution in [0.25, 0.3) is 11.8 Å². The van der Waals surface area contributed by atoms with Crippen molar-refractivity contribution >= 4 is 11.8 Å². The maximum absolute atomic E-state index is 3.20. The van der Waals surface area contributed by atoms with Crippen LogP contribution in [0.4, 0.5) is 0 Å². The quantitative estimate of drug-likeness (QED) is 0.582. The molecule has 1 heteroatoms. The Balaban J connectivity index is 2.55. The second kappa shape index (κ2) is 2.49. The third-order valence-electron chi connectivity index (χ3n) is 2.63. The molecular formula is C12H10N. The lowest BCUT2D eigenvalue weighted by atomic mass is 9.96. The Morgan fingerprint density at radius 1 is 1.31 bits per heavy atom. The molecule has 1 aromatic rings. The molecule has 0 atom stereocenters. The number of benzene rings is 1. The average Bonchev–Trinajstić information content (AvgIpc) is 2.19. The van der Waals surface area contributed by atoms with Gasteiger partial charge in [0.15, 0.2) is 0 Å². The second-order valence-electron chi connectivity index (χ2n) is 3.45. The molecule has 0 saturated heterocycles. The predicted molar refractivity (Wildman–Crippen MR) is 53.4 cm³/mol. The predicted octanol–water partition coefficient (Wildman–Crippen LogP) is 0.168. The van der Waals surface area contributed by atoms with E-state index in [1.165, 1.54) is 21.6 Å². The van der Waals surface area contributed by atoms with Crippen LogP contribution in [0.5, 0.6) is 0 Å². The fraction of sp³-hybridized carbons (Fsp3) is 0.167. The Morgan fingerprint density at radius 2 is 2.31 bits per heavy atom. The molecule has 0 aromatic heterocycles. The Morgan fingerprint density at radius 3 is 3.31 bits per heavy atom. The third-order valence-corrected chi connectivity index (χ3v) is 2.63. The Kier molecular flexibility index (Phi) is 1.33. The van der Waals surface area contributed by atoms with E-state index in [1.54, 1.807) is 0 Å². The summed E-state index contributed by atoms with van der Waals surface area (Å²) in [6, 6.07) is 6.42. The van der Waals surface area contributed by atoms with E-state index in [4.69, 9.17) is 0 Å². The zero-order chi connectivity index (χ0) is 8.67. The molecule has 3 rings (SSSR count). The van der Waals surface area contributed by atoms with Crippen LogP contribution in [0.2, 0.25) is 0 Å². The normalized spacial score (nSPS) is 17.4. The van der Waals surface area contributed by atoms with Crippen molar-refractivity contribution < 1.29 is 0 Å². The van der Waals surface area contributed by atoms with Crippen molar-refractivity contribution in [2.45, 2.75) is 6.42 Å². The molecule has 63 valence electrons. The fourth-order valence-corrected chi connectivity index (χ4v) is 2.05. The van der Waals surface area contributed by atoms with E-state index >= 15 is 0 Å². The van der Waals surface area contributed by atoms with E-state index in [9.17, 15) is 0 Å². The molecule has 13 heavy (non-hydrogen) atoms. The van der Waals surface area contributed by atoms with E-state index in [0.717, 1.165) is 13.0 Å². The molecule has 0 saturated carbocycles. The Hall–Kier alpha value is -1.50. The fourth-order valence-electron chi connectivity index (χ4n) is 2.05. The molecule has 1 N–H and O–H groups in total. The molecular weight excluding hydrogens is 158 g/mol. The first kappa shape index (κ1) is 6.96. The van der Waals surface area contributed by atoms with Gasteiger partial charge in [-0.25, -0.2) is 0 Å².